The quantitative estimate of drug-likeness (QED) is 0.206. The van der Waals surface area contributed by atoms with Crippen LogP contribution in [0.25, 0.3) is 0 Å². The standard InChI is InChI=1S/C33H40F2N4O6S.ClH/c1-4-5-18-38(33(41)36-31-15-8-25(34)21-30(31)35)26-16-19-37(20-17-26)22-24-6-11-28(12-7-24)45-29-13-9-27(10-14-29)39(46(3,42)43)23-32(40)44-2;/h6-15,21,26H,4-5,16-20,22-23H2,1-3H3,(H,36,41);1H. The molecule has 47 heavy (non-hydrogen) atoms. The summed E-state index contributed by atoms with van der Waals surface area (Å²) in [6, 6.07) is 16.8. The molecule has 0 saturated carbocycles. The van der Waals surface area contributed by atoms with E-state index in [9.17, 15) is 26.8 Å². The molecule has 0 atom stereocenters. The van der Waals surface area contributed by atoms with E-state index in [0.29, 0.717) is 23.7 Å². The van der Waals surface area contributed by atoms with Crippen molar-refractivity contribution < 1.29 is 36.3 Å². The number of rotatable bonds is 13. The van der Waals surface area contributed by atoms with E-state index in [4.69, 9.17) is 4.74 Å². The Morgan fingerprint density at radius 3 is 2.15 bits per heavy atom. The van der Waals surface area contributed by atoms with Crippen LogP contribution >= 0.6 is 12.4 Å². The number of urea groups is 1. The predicted molar refractivity (Wildman–Crippen MR) is 180 cm³/mol. The van der Waals surface area contributed by atoms with Crippen molar-refractivity contribution in [3.8, 4) is 11.5 Å². The van der Waals surface area contributed by atoms with Crippen LogP contribution in [0.3, 0.4) is 0 Å². The van der Waals surface area contributed by atoms with Gasteiger partial charge in [-0.15, -0.1) is 12.4 Å². The van der Waals surface area contributed by atoms with E-state index in [1.165, 1.54) is 13.2 Å². The summed E-state index contributed by atoms with van der Waals surface area (Å²) in [7, 11) is -2.50. The topological polar surface area (TPSA) is 108 Å². The van der Waals surface area contributed by atoms with Crippen molar-refractivity contribution in [1.82, 2.24) is 9.80 Å². The van der Waals surface area contributed by atoms with Crippen molar-refractivity contribution in [2.75, 3.05) is 49.2 Å². The third-order valence-electron chi connectivity index (χ3n) is 7.77. The van der Waals surface area contributed by atoms with E-state index in [-0.39, 0.29) is 30.2 Å². The number of nitrogens with one attached hydrogen (secondary N) is 1. The molecular weight excluding hydrogens is 654 g/mol. The number of carbonyl (C=O) groups is 2. The average molecular weight is 695 g/mol. The van der Waals surface area contributed by atoms with Crippen LogP contribution in [-0.4, -0.2) is 75.8 Å². The SMILES string of the molecule is CCCCN(C(=O)Nc1ccc(F)cc1F)C1CCN(Cc2ccc(Oc3ccc(N(CC(=O)OC)S(C)(=O)=O)cc3)cc2)CC1.Cl. The first-order chi connectivity index (χ1) is 22.0. The fourth-order valence-electron chi connectivity index (χ4n) is 5.26. The van der Waals surface area contributed by atoms with Gasteiger partial charge in [0.25, 0.3) is 0 Å². The maximum atomic E-state index is 14.2. The third kappa shape index (κ3) is 10.8. The van der Waals surface area contributed by atoms with Gasteiger partial charge in [-0.2, -0.15) is 0 Å². The van der Waals surface area contributed by atoms with Crippen LogP contribution in [0.2, 0.25) is 0 Å². The number of sulfonamides is 1. The van der Waals surface area contributed by atoms with Gasteiger partial charge in [-0.05, 0) is 73.4 Å². The van der Waals surface area contributed by atoms with E-state index in [1.54, 1.807) is 29.2 Å². The van der Waals surface area contributed by atoms with Gasteiger partial charge in [0.05, 0.1) is 24.7 Å². The maximum absolute atomic E-state index is 14.2. The minimum Gasteiger partial charge on any atom is -0.468 e. The molecule has 1 aliphatic rings. The van der Waals surface area contributed by atoms with Crippen molar-refractivity contribution in [2.45, 2.75) is 45.2 Å². The van der Waals surface area contributed by atoms with Crippen LogP contribution in [-0.2, 0) is 26.1 Å². The van der Waals surface area contributed by atoms with Crippen LogP contribution in [0.4, 0.5) is 25.0 Å². The molecular formula is C33H41ClF2N4O6S. The highest BCUT2D eigenvalue weighted by Crippen LogP contribution is 2.27. The third-order valence-corrected chi connectivity index (χ3v) is 8.92. The van der Waals surface area contributed by atoms with Gasteiger partial charge < -0.3 is 19.7 Å². The molecule has 0 bridgehead atoms. The smallest absolute Gasteiger partial charge is 0.326 e. The lowest BCUT2D eigenvalue weighted by molar-refractivity contribution is -0.138. The number of methoxy groups -OCH3 is 1. The summed E-state index contributed by atoms with van der Waals surface area (Å²) >= 11 is 0. The Balaban J connectivity index is 0.00000600. The molecule has 10 nitrogen and oxygen atoms in total. The van der Waals surface area contributed by atoms with Gasteiger partial charge in [0.2, 0.25) is 10.0 Å². The zero-order valence-corrected chi connectivity index (χ0v) is 28.3. The van der Waals surface area contributed by atoms with E-state index >= 15 is 0 Å². The Hall–Kier alpha value is -3.94. The van der Waals surface area contributed by atoms with Crippen LogP contribution in [0.15, 0.2) is 66.7 Å². The van der Waals surface area contributed by atoms with Crippen LogP contribution < -0.4 is 14.4 Å². The molecule has 1 heterocycles. The second-order valence-corrected chi connectivity index (χ2v) is 13.1. The highest BCUT2D eigenvalue weighted by Gasteiger charge is 2.28. The summed E-state index contributed by atoms with van der Waals surface area (Å²) in [6.45, 7) is 4.48. The molecule has 1 fully saturated rings. The summed E-state index contributed by atoms with van der Waals surface area (Å²) in [5, 5.41) is 2.62. The lowest BCUT2D eigenvalue weighted by Crippen LogP contribution is -2.49. The van der Waals surface area contributed by atoms with E-state index in [0.717, 1.165) is 73.6 Å². The average Bonchev–Trinajstić information content (AvgIpc) is 3.03. The van der Waals surface area contributed by atoms with Gasteiger partial charge in [0, 0.05) is 38.3 Å². The molecule has 1 aliphatic heterocycles. The fourth-order valence-corrected chi connectivity index (χ4v) is 6.11. The highest BCUT2D eigenvalue weighted by molar-refractivity contribution is 7.92. The van der Waals surface area contributed by atoms with Gasteiger partial charge in [-0.25, -0.2) is 22.0 Å². The Morgan fingerprint density at radius 2 is 1.60 bits per heavy atom. The molecule has 1 saturated heterocycles. The van der Waals surface area contributed by atoms with Crippen LogP contribution in [0, 0.1) is 11.6 Å². The molecule has 1 N–H and O–H groups in total. The largest absolute Gasteiger partial charge is 0.468 e. The number of anilines is 2. The number of halogens is 3. The van der Waals surface area contributed by atoms with Gasteiger partial charge in [-0.1, -0.05) is 25.5 Å². The van der Waals surface area contributed by atoms with Crippen LogP contribution in [0.5, 0.6) is 11.5 Å². The molecule has 0 aromatic heterocycles. The molecule has 4 rings (SSSR count). The Bertz CT molecular complexity index is 1590. The minimum atomic E-state index is -3.70. The molecule has 0 unspecified atom stereocenters. The van der Waals surface area contributed by atoms with E-state index in [1.807, 2.05) is 24.3 Å². The molecule has 256 valence electrons. The molecule has 14 heteroatoms. The number of benzene rings is 3. The van der Waals surface area contributed by atoms with Gasteiger partial charge in [-0.3, -0.25) is 14.0 Å². The summed E-state index contributed by atoms with van der Waals surface area (Å²) in [5.74, 6) is -1.06. The van der Waals surface area contributed by atoms with E-state index < -0.39 is 34.2 Å². The number of amides is 2. The van der Waals surface area contributed by atoms with Crippen molar-refractivity contribution in [3.05, 3.63) is 83.9 Å². The van der Waals surface area contributed by atoms with Gasteiger partial charge >= 0.3 is 12.0 Å². The minimum absolute atomic E-state index is 0. The number of ether oxygens (including phenoxy) is 2. The van der Waals surface area contributed by atoms with Gasteiger partial charge in [0.15, 0.2) is 0 Å². The zero-order chi connectivity index (χ0) is 33.3. The number of hydrogen-bond acceptors (Lipinski definition) is 7. The number of esters is 1. The van der Waals surface area contributed by atoms with E-state index in [2.05, 4.69) is 21.9 Å². The molecule has 3 aromatic rings. The Morgan fingerprint density at radius 1 is 0.979 bits per heavy atom. The number of hydrogen-bond donors (Lipinski definition) is 1. The molecule has 0 radical (unpaired) electrons. The lowest BCUT2D eigenvalue weighted by Gasteiger charge is -2.38. The molecule has 0 aliphatic carbocycles. The fraction of sp³-hybridized carbons (Fsp3) is 0.394. The van der Waals surface area contributed by atoms with Gasteiger partial charge in [0.1, 0.15) is 29.7 Å². The second-order valence-electron chi connectivity index (χ2n) is 11.2. The maximum Gasteiger partial charge on any atom is 0.326 e. The number of likely N-dealkylation sites (tertiary alicyclic amines) is 1. The molecule has 2 amide bonds. The normalized spacial score (nSPS) is 13.7. The van der Waals surface area contributed by atoms with Crippen molar-refractivity contribution in [2.24, 2.45) is 0 Å². The number of piperidine rings is 1. The zero-order valence-electron chi connectivity index (χ0n) is 26.7. The summed E-state index contributed by atoms with van der Waals surface area (Å²) in [4.78, 5) is 28.9. The predicted octanol–water partition coefficient (Wildman–Crippen LogP) is 6.42. The monoisotopic (exact) mass is 694 g/mol. The summed E-state index contributed by atoms with van der Waals surface area (Å²) in [6.07, 6.45) is 4.31. The van der Waals surface area contributed by atoms with Crippen molar-refractivity contribution in [1.29, 1.82) is 0 Å². The lowest BCUT2D eigenvalue weighted by atomic mass is 10.0. The first-order valence-electron chi connectivity index (χ1n) is 15.1. The summed E-state index contributed by atoms with van der Waals surface area (Å²) in [5.41, 5.74) is 1.37. The Kier molecular flexibility index (Phi) is 13.8. The van der Waals surface area contributed by atoms with Crippen LogP contribution in [0.1, 0.15) is 38.2 Å². The number of nitrogens with zero attached hydrogens (tertiary/aromatic N) is 3. The molecule has 3 aromatic carbocycles. The number of carbonyl (C=O) groups excluding carboxylic acids is 2. The number of unbranched alkanes of at least 4 members (excludes halogenated alkanes) is 1. The van der Waals surface area contributed by atoms with Crippen molar-refractivity contribution >= 4 is 45.8 Å². The Labute approximate surface area is 281 Å². The second kappa shape index (κ2) is 17.3. The summed E-state index contributed by atoms with van der Waals surface area (Å²) < 4.78 is 63.3. The first-order valence-corrected chi connectivity index (χ1v) is 17.0. The van der Waals surface area contributed by atoms with Crippen molar-refractivity contribution in [3.63, 3.8) is 0 Å². The molecule has 0 spiro atoms. The highest BCUT2D eigenvalue weighted by atomic mass is 35.5. The first kappa shape index (κ1) is 37.5.